The minimum absolute atomic E-state index is 0.0154. The molecule has 0 aromatic heterocycles. The van der Waals surface area contributed by atoms with Gasteiger partial charge in [-0.3, -0.25) is 4.79 Å². The third kappa shape index (κ3) is 3.86. The number of nitrogens with two attached hydrogens (primary N) is 1. The molecule has 2 atom stereocenters. The van der Waals surface area contributed by atoms with Gasteiger partial charge in [0.05, 0.1) is 5.69 Å². The Morgan fingerprint density at radius 2 is 2.00 bits per heavy atom. The van der Waals surface area contributed by atoms with Gasteiger partial charge in [0, 0.05) is 12.6 Å². The molecule has 0 radical (unpaired) electrons. The van der Waals surface area contributed by atoms with Gasteiger partial charge in [0.2, 0.25) is 0 Å². The van der Waals surface area contributed by atoms with Gasteiger partial charge in [0.15, 0.2) is 6.10 Å². The van der Waals surface area contributed by atoms with Crippen LogP contribution < -0.4 is 15.4 Å². The third-order valence-corrected chi connectivity index (χ3v) is 4.39. The number of unbranched alkanes of at least 4 members (excludes halogenated alkanes) is 1. The summed E-state index contributed by atoms with van der Waals surface area (Å²) in [4.78, 5) is 14.6. The molecule has 2 unspecified atom stereocenters. The molecule has 0 spiro atoms. The third-order valence-electron chi connectivity index (χ3n) is 4.39. The van der Waals surface area contributed by atoms with Crippen LogP contribution in [0.5, 0.6) is 5.75 Å². The summed E-state index contributed by atoms with van der Waals surface area (Å²) in [5.74, 6) is 1.01. The van der Waals surface area contributed by atoms with E-state index in [1.54, 1.807) is 0 Å². The van der Waals surface area contributed by atoms with Gasteiger partial charge in [0.1, 0.15) is 5.75 Å². The van der Waals surface area contributed by atoms with Gasteiger partial charge in [0.25, 0.3) is 5.91 Å². The van der Waals surface area contributed by atoms with Gasteiger partial charge >= 0.3 is 0 Å². The van der Waals surface area contributed by atoms with Crippen LogP contribution in [0.1, 0.15) is 65.0 Å². The predicted molar refractivity (Wildman–Crippen MR) is 94.8 cm³/mol. The van der Waals surface area contributed by atoms with E-state index in [1.165, 1.54) is 0 Å². The van der Waals surface area contributed by atoms with Gasteiger partial charge in [-0.2, -0.15) is 0 Å². The molecule has 0 saturated heterocycles. The first kappa shape index (κ1) is 17.8. The van der Waals surface area contributed by atoms with Crippen LogP contribution in [-0.2, 0) is 4.79 Å². The Labute approximate surface area is 140 Å². The van der Waals surface area contributed by atoms with E-state index in [0.29, 0.717) is 6.54 Å². The summed E-state index contributed by atoms with van der Waals surface area (Å²) < 4.78 is 5.97. The summed E-state index contributed by atoms with van der Waals surface area (Å²) in [5, 5.41) is 0. The van der Waals surface area contributed by atoms with E-state index in [0.717, 1.165) is 42.7 Å². The fourth-order valence-corrected chi connectivity index (χ4v) is 3.00. The van der Waals surface area contributed by atoms with E-state index in [9.17, 15) is 4.79 Å². The molecule has 128 valence electrons. The quantitative estimate of drug-likeness (QED) is 0.825. The second-order valence-electron chi connectivity index (χ2n) is 6.75. The molecule has 1 amide bonds. The van der Waals surface area contributed by atoms with Crippen LogP contribution in [0.3, 0.4) is 0 Å². The Bertz CT molecular complexity index is 542. The number of rotatable bonds is 7. The highest BCUT2D eigenvalue weighted by molar-refractivity contribution is 6.00. The molecule has 4 heteroatoms. The normalized spacial score (nSPS) is 18.8. The minimum Gasteiger partial charge on any atom is -0.478 e. The van der Waals surface area contributed by atoms with Crippen molar-refractivity contribution in [3.63, 3.8) is 0 Å². The molecular weight excluding hydrogens is 288 g/mol. The van der Waals surface area contributed by atoms with Crippen LogP contribution in [-0.4, -0.2) is 18.6 Å². The molecule has 1 aliphatic rings. The first-order valence-electron chi connectivity index (χ1n) is 8.87. The van der Waals surface area contributed by atoms with Crippen molar-refractivity contribution in [3.05, 3.63) is 23.8 Å². The molecule has 1 heterocycles. The fourth-order valence-electron chi connectivity index (χ4n) is 3.00. The van der Waals surface area contributed by atoms with Crippen molar-refractivity contribution in [2.24, 2.45) is 11.7 Å². The first-order valence-corrected chi connectivity index (χ1v) is 8.87. The van der Waals surface area contributed by atoms with E-state index in [1.807, 2.05) is 36.9 Å². The lowest BCUT2D eigenvalue weighted by Crippen LogP contribution is -2.48. The number of amides is 1. The van der Waals surface area contributed by atoms with Crippen molar-refractivity contribution in [2.75, 3.05) is 11.4 Å². The summed E-state index contributed by atoms with van der Waals surface area (Å²) in [6.07, 6.45) is 3.74. The average Bonchev–Trinajstić information content (AvgIpc) is 2.54. The van der Waals surface area contributed by atoms with E-state index >= 15 is 0 Å². The Morgan fingerprint density at radius 1 is 1.26 bits per heavy atom. The Kier molecular flexibility index (Phi) is 6.05. The topological polar surface area (TPSA) is 55.6 Å². The van der Waals surface area contributed by atoms with Crippen LogP contribution in [0.2, 0.25) is 0 Å². The molecule has 0 aliphatic carbocycles. The maximum absolute atomic E-state index is 12.7. The lowest BCUT2D eigenvalue weighted by molar-refractivity contribution is -0.128. The second kappa shape index (κ2) is 7.82. The molecule has 23 heavy (non-hydrogen) atoms. The highest BCUT2D eigenvalue weighted by Crippen LogP contribution is 2.38. The average molecular weight is 318 g/mol. The van der Waals surface area contributed by atoms with Gasteiger partial charge in [-0.25, -0.2) is 0 Å². The number of carbonyl (C=O) groups excluding carboxylic acids is 1. The second-order valence-corrected chi connectivity index (χ2v) is 6.75. The van der Waals surface area contributed by atoms with Gasteiger partial charge in [-0.15, -0.1) is 0 Å². The van der Waals surface area contributed by atoms with E-state index in [4.69, 9.17) is 10.5 Å². The molecule has 0 bridgehead atoms. The number of hydrogen-bond acceptors (Lipinski definition) is 3. The molecule has 4 nitrogen and oxygen atoms in total. The summed E-state index contributed by atoms with van der Waals surface area (Å²) in [6, 6.07) is 6.07. The number of fused-ring (bicyclic) bond motifs is 1. The summed E-state index contributed by atoms with van der Waals surface area (Å²) in [5.41, 5.74) is 8.25. The van der Waals surface area contributed by atoms with Crippen LogP contribution in [0.25, 0.3) is 0 Å². The molecule has 1 aromatic carbocycles. The maximum Gasteiger partial charge on any atom is 0.268 e. The van der Waals surface area contributed by atoms with E-state index < -0.39 is 6.10 Å². The van der Waals surface area contributed by atoms with Crippen LogP contribution >= 0.6 is 0 Å². The summed E-state index contributed by atoms with van der Waals surface area (Å²) in [6.45, 7) is 9.01. The van der Waals surface area contributed by atoms with Crippen molar-refractivity contribution >= 4 is 11.6 Å². The number of anilines is 1. The Hall–Kier alpha value is -1.55. The SMILES string of the molecule is CCCCC(N)c1ccc2c(c1)N(CCC)C(=O)C(C(C)C)O2. The molecule has 1 aliphatic heterocycles. The highest BCUT2D eigenvalue weighted by atomic mass is 16.5. The molecule has 1 aromatic rings. The number of carbonyl (C=O) groups is 1. The van der Waals surface area contributed by atoms with Crippen molar-refractivity contribution in [3.8, 4) is 5.75 Å². The predicted octanol–water partition coefficient (Wildman–Crippen LogP) is 4.04. The molecule has 0 fully saturated rings. The van der Waals surface area contributed by atoms with Gasteiger partial charge in [-0.05, 0) is 36.5 Å². The van der Waals surface area contributed by atoms with Crippen molar-refractivity contribution in [1.82, 2.24) is 0 Å². The number of hydrogen-bond donors (Lipinski definition) is 1. The van der Waals surface area contributed by atoms with Crippen LogP contribution in [0.15, 0.2) is 18.2 Å². The monoisotopic (exact) mass is 318 g/mol. The van der Waals surface area contributed by atoms with E-state index in [2.05, 4.69) is 13.8 Å². The van der Waals surface area contributed by atoms with Crippen LogP contribution in [0.4, 0.5) is 5.69 Å². The van der Waals surface area contributed by atoms with Gasteiger partial charge < -0.3 is 15.4 Å². The Morgan fingerprint density at radius 3 is 2.61 bits per heavy atom. The molecule has 0 saturated carbocycles. The zero-order valence-corrected chi connectivity index (χ0v) is 14.8. The lowest BCUT2D eigenvalue weighted by atomic mass is 9.98. The summed E-state index contributed by atoms with van der Waals surface area (Å²) in [7, 11) is 0. The largest absolute Gasteiger partial charge is 0.478 e. The zero-order chi connectivity index (χ0) is 17.0. The maximum atomic E-state index is 12.7. The fraction of sp³-hybridized carbons (Fsp3) is 0.632. The minimum atomic E-state index is -0.395. The lowest BCUT2D eigenvalue weighted by Gasteiger charge is -2.36. The smallest absolute Gasteiger partial charge is 0.268 e. The highest BCUT2D eigenvalue weighted by Gasteiger charge is 2.36. The number of benzene rings is 1. The molecular formula is C19H30N2O2. The molecule has 2 N–H and O–H groups in total. The number of nitrogens with zero attached hydrogens (tertiary/aromatic N) is 1. The zero-order valence-electron chi connectivity index (χ0n) is 14.8. The van der Waals surface area contributed by atoms with E-state index in [-0.39, 0.29) is 17.9 Å². The van der Waals surface area contributed by atoms with Crippen molar-refractivity contribution in [2.45, 2.75) is 65.5 Å². The van der Waals surface area contributed by atoms with Crippen molar-refractivity contribution in [1.29, 1.82) is 0 Å². The van der Waals surface area contributed by atoms with Gasteiger partial charge in [-0.1, -0.05) is 46.6 Å². The summed E-state index contributed by atoms with van der Waals surface area (Å²) >= 11 is 0. The number of ether oxygens (including phenoxy) is 1. The molecule has 2 rings (SSSR count). The van der Waals surface area contributed by atoms with Crippen LogP contribution in [0, 0.1) is 5.92 Å². The van der Waals surface area contributed by atoms with Crippen molar-refractivity contribution < 1.29 is 9.53 Å². The Balaban J connectivity index is 2.33. The standard InChI is InChI=1S/C19H30N2O2/c1-5-7-8-15(20)14-9-10-17-16(12-14)21(11-6-2)19(22)18(23-17)13(3)4/h9-10,12-13,15,18H,5-8,11,20H2,1-4H3. The first-order chi connectivity index (χ1) is 11.0.